The number of amides is 1. The van der Waals surface area contributed by atoms with E-state index >= 15 is 0 Å². The third-order valence-electron chi connectivity index (χ3n) is 7.83. The van der Waals surface area contributed by atoms with Crippen LogP contribution in [-0.2, 0) is 23.1 Å². The number of nitriles is 1. The number of nitrogens with zero attached hydrogens (tertiary/aromatic N) is 3. The molecule has 3 rings (SSSR count). The standard InChI is InChI=1S/C33H42N4O6S2/c1-22-24(20-28-32(41)37(33(44)45-28)18-12-10-8-6-5-7-9-11-13-29(38)39)30(36(2)31(40)25(22)21-34)35-17-16-23-14-15-26(42-3)27(19-23)43-4/h14-15,19-20,35H,5-13,16-18H2,1-4H3,(H,38,39)/b28-20+. The number of unbranched alkanes of at least 4 members (excludes halogenated alkanes) is 7. The molecule has 0 radical (unpaired) electrons. The molecule has 2 heterocycles. The first-order chi connectivity index (χ1) is 21.6. The number of ether oxygens (including phenoxy) is 2. The van der Waals surface area contributed by atoms with E-state index in [2.05, 4.69) is 5.32 Å². The van der Waals surface area contributed by atoms with Crippen LogP contribution >= 0.6 is 24.0 Å². The molecule has 0 saturated carbocycles. The molecule has 10 nitrogen and oxygen atoms in total. The average Bonchev–Trinajstić information content (AvgIpc) is 3.29. The van der Waals surface area contributed by atoms with Crippen LogP contribution in [0.1, 0.15) is 80.0 Å². The van der Waals surface area contributed by atoms with Gasteiger partial charge in [-0.2, -0.15) is 5.26 Å². The highest BCUT2D eigenvalue weighted by Gasteiger charge is 2.32. The SMILES string of the molecule is COc1ccc(CCNc2c(/C=C3/SC(=S)N(CCCCCCCCCCC(=O)O)C3=O)c(C)c(C#N)c(=O)n2C)cc1OC. The number of carboxylic acid groups (broad SMARTS) is 1. The Balaban J connectivity index is 1.67. The van der Waals surface area contributed by atoms with E-state index in [0.29, 0.717) is 57.2 Å². The molecule has 0 aliphatic carbocycles. The summed E-state index contributed by atoms with van der Waals surface area (Å²) < 4.78 is 12.6. The second kappa shape index (κ2) is 17.6. The maximum absolute atomic E-state index is 13.4. The summed E-state index contributed by atoms with van der Waals surface area (Å²) >= 11 is 6.79. The smallest absolute Gasteiger partial charge is 0.303 e. The number of rotatable bonds is 18. The number of methoxy groups -OCH3 is 2. The fourth-order valence-corrected chi connectivity index (χ4v) is 6.53. The van der Waals surface area contributed by atoms with Crippen molar-refractivity contribution in [3.05, 3.63) is 55.7 Å². The van der Waals surface area contributed by atoms with Crippen molar-refractivity contribution >= 4 is 52.1 Å². The van der Waals surface area contributed by atoms with E-state index in [1.54, 1.807) is 39.2 Å². The van der Waals surface area contributed by atoms with E-state index in [0.717, 1.165) is 56.9 Å². The summed E-state index contributed by atoms with van der Waals surface area (Å²) in [6.45, 7) is 2.74. The Morgan fingerprint density at radius 1 is 1.07 bits per heavy atom. The van der Waals surface area contributed by atoms with Crippen molar-refractivity contribution in [1.82, 2.24) is 9.47 Å². The molecular weight excluding hydrogens is 613 g/mol. The van der Waals surface area contributed by atoms with Gasteiger partial charge in [-0.3, -0.25) is 23.9 Å². The fourth-order valence-electron chi connectivity index (χ4n) is 5.24. The zero-order valence-corrected chi connectivity index (χ0v) is 28.1. The summed E-state index contributed by atoms with van der Waals surface area (Å²) in [5.74, 6) is 0.873. The number of carbonyl (C=O) groups excluding carboxylic acids is 1. The van der Waals surface area contributed by atoms with E-state index in [1.807, 2.05) is 24.3 Å². The molecule has 2 N–H and O–H groups in total. The van der Waals surface area contributed by atoms with Crippen LogP contribution in [0.4, 0.5) is 5.82 Å². The van der Waals surface area contributed by atoms with Gasteiger partial charge in [-0.1, -0.05) is 68.6 Å². The van der Waals surface area contributed by atoms with Gasteiger partial charge in [-0.25, -0.2) is 0 Å². The Morgan fingerprint density at radius 3 is 2.33 bits per heavy atom. The van der Waals surface area contributed by atoms with E-state index < -0.39 is 11.5 Å². The van der Waals surface area contributed by atoms with E-state index in [1.165, 1.54) is 16.3 Å². The Hall–Kier alpha value is -3.82. The molecule has 0 spiro atoms. The van der Waals surface area contributed by atoms with Crippen molar-refractivity contribution < 1.29 is 24.2 Å². The summed E-state index contributed by atoms with van der Waals surface area (Å²) in [7, 11) is 4.78. The normalized spacial score (nSPS) is 13.8. The van der Waals surface area contributed by atoms with Crippen LogP contribution in [-0.4, -0.2) is 58.1 Å². The second-order valence-corrected chi connectivity index (χ2v) is 12.6. The van der Waals surface area contributed by atoms with Crippen LogP contribution < -0.4 is 20.3 Å². The molecule has 0 unspecified atom stereocenters. The van der Waals surface area contributed by atoms with E-state index in [-0.39, 0.29) is 17.9 Å². The van der Waals surface area contributed by atoms with Crippen molar-refractivity contribution in [2.45, 2.75) is 71.1 Å². The number of aliphatic carboxylic acids is 1. The lowest BCUT2D eigenvalue weighted by molar-refractivity contribution is -0.137. The molecule has 0 bridgehead atoms. The van der Waals surface area contributed by atoms with E-state index in [4.69, 9.17) is 26.8 Å². The Labute approximate surface area is 274 Å². The number of thioether (sulfide) groups is 1. The van der Waals surface area contributed by atoms with Gasteiger partial charge >= 0.3 is 5.97 Å². The number of aromatic nitrogens is 1. The minimum Gasteiger partial charge on any atom is -0.493 e. The predicted molar refractivity (Wildman–Crippen MR) is 182 cm³/mol. The monoisotopic (exact) mass is 654 g/mol. The molecule has 12 heteroatoms. The number of carbonyl (C=O) groups is 2. The quantitative estimate of drug-likeness (QED) is 0.111. The van der Waals surface area contributed by atoms with Crippen LogP contribution in [0.5, 0.6) is 11.5 Å². The van der Waals surface area contributed by atoms with Gasteiger partial charge in [-0.15, -0.1) is 0 Å². The number of thiocarbonyl (C=S) groups is 1. The lowest BCUT2D eigenvalue weighted by atomic mass is 10.0. The number of carboxylic acids is 1. The number of anilines is 1. The van der Waals surface area contributed by atoms with Crippen molar-refractivity contribution in [3.8, 4) is 17.6 Å². The van der Waals surface area contributed by atoms with Crippen LogP contribution in [0, 0.1) is 18.3 Å². The van der Waals surface area contributed by atoms with Gasteiger partial charge in [0, 0.05) is 32.1 Å². The zero-order valence-electron chi connectivity index (χ0n) is 26.4. The van der Waals surface area contributed by atoms with Crippen LogP contribution in [0.3, 0.4) is 0 Å². The van der Waals surface area contributed by atoms with Gasteiger partial charge in [-0.05, 0) is 55.5 Å². The third-order valence-corrected chi connectivity index (χ3v) is 9.20. The van der Waals surface area contributed by atoms with Gasteiger partial charge in [0.25, 0.3) is 11.5 Å². The number of nitrogens with one attached hydrogen (secondary N) is 1. The molecule has 1 aliphatic rings. The Bertz CT molecular complexity index is 1530. The summed E-state index contributed by atoms with van der Waals surface area (Å²) in [6.07, 6.45) is 10.3. The summed E-state index contributed by atoms with van der Waals surface area (Å²) in [5.41, 5.74) is 1.74. The molecule has 242 valence electrons. The molecular formula is C33H42N4O6S2. The molecule has 1 fully saturated rings. The minimum absolute atomic E-state index is 0.0338. The zero-order chi connectivity index (χ0) is 32.9. The predicted octanol–water partition coefficient (Wildman–Crippen LogP) is 6.03. The summed E-state index contributed by atoms with van der Waals surface area (Å²) in [6, 6.07) is 7.72. The molecule has 45 heavy (non-hydrogen) atoms. The first-order valence-electron chi connectivity index (χ1n) is 15.2. The second-order valence-electron chi connectivity index (χ2n) is 10.9. The van der Waals surface area contributed by atoms with Crippen molar-refractivity contribution in [2.24, 2.45) is 7.05 Å². The van der Waals surface area contributed by atoms with Gasteiger partial charge in [0.05, 0.1) is 19.1 Å². The maximum atomic E-state index is 13.4. The van der Waals surface area contributed by atoms with Crippen molar-refractivity contribution in [2.75, 3.05) is 32.6 Å². The highest BCUT2D eigenvalue weighted by molar-refractivity contribution is 8.26. The lowest BCUT2D eigenvalue weighted by Gasteiger charge is -2.18. The van der Waals surface area contributed by atoms with E-state index in [9.17, 15) is 19.6 Å². The topological polar surface area (TPSA) is 134 Å². The van der Waals surface area contributed by atoms with Gasteiger partial charge in [0.1, 0.15) is 21.8 Å². The summed E-state index contributed by atoms with van der Waals surface area (Å²) in [5, 5.41) is 21.8. The average molecular weight is 655 g/mol. The van der Waals surface area contributed by atoms with Crippen molar-refractivity contribution in [3.63, 3.8) is 0 Å². The highest BCUT2D eigenvalue weighted by atomic mass is 32.2. The maximum Gasteiger partial charge on any atom is 0.303 e. The molecule has 1 amide bonds. The minimum atomic E-state index is -0.739. The van der Waals surface area contributed by atoms with Crippen LogP contribution in [0.25, 0.3) is 6.08 Å². The third kappa shape index (κ3) is 9.58. The molecule has 1 aromatic heterocycles. The summed E-state index contributed by atoms with van der Waals surface area (Å²) in [4.78, 5) is 39.1. The Kier molecular flexibility index (Phi) is 14.0. The number of hydrogen-bond acceptors (Lipinski definition) is 9. The Morgan fingerprint density at radius 2 is 1.71 bits per heavy atom. The van der Waals surface area contributed by atoms with Crippen molar-refractivity contribution in [1.29, 1.82) is 5.26 Å². The van der Waals surface area contributed by atoms with Gasteiger partial charge in [0.15, 0.2) is 11.5 Å². The fraction of sp³-hybridized carbons (Fsp3) is 0.485. The molecule has 1 saturated heterocycles. The van der Waals surface area contributed by atoms with Crippen LogP contribution in [0.2, 0.25) is 0 Å². The molecule has 1 aliphatic heterocycles. The van der Waals surface area contributed by atoms with Gasteiger partial charge in [0.2, 0.25) is 0 Å². The molecule has 2 aromatic rings. The molecule has 1 aromatic carbocycles. The van der Waals surface area contributed by atoms with Gasteiger partial charge < -0.3 is 19.9 Å². The number of pyridine rings is 1. The van der Waals surface area contributed by atoms with Crippen LogP contribution in [0.15, 0.2) is 27.9 Å². The largest absolute Gasteiger partial charge is 0.493 e. The lowest BCUT2D eigenvalue weighted by Crippen LogP contribution is -2.29. The highest BCUT2D eigenvalue weighted by Crippen LogP contribution is 2.35. The number of hydrogen-bond donors (Lipinski definition) is 2. The molecule has 0 atom stereocenters. The number of benzene rings is 1. The first-order valence-corrected chi connectivity index (χ1v) is 16.4. The first kappa shape index (κ1) is 35.7.